The number of urea groups is 1. The number of nitrogens with zero attached hydrogens (tertiary/aromatic N) is 3. The van der Waals surface area contributed by atoms with Gasteiger partial charge in [-0.15, -0.1) is 0 Å². The van der Waals surface area contributed by atoms with Gasteiger partial charge in [0.2, 0.25) is 5.91 Å². The maximum atomic E-state index is 12.5. The van der Waals surface area contributed by atoms with Gasteiger partial charge < -0.3 is 5.32 Å². The molecule has 0 bridgehead atoms. The molecular formula is C18H23N5O4. The molecule has 144 valence electrons. The Hall–Kier alpha value is -2.89. The van der Waals surface area contributed by atoms with E-state index in [1.165, 1.54) is 10.8 Å². The fourth-order valence-corrected chi connectivity index (χ4v) is 3.50. The average molecular weight is 373 g/mol. The Kier molecular flexibility index (Phi) is 5.44. The number of aromatic nitrogens is 2. The van der Waals surface area contributed by atoms with Crippen molar-refractivity contribution in [2.75, 3.05) is 0 Å². The number of nitrogens with one attached hydrogen (secondary N) is 2. The number of carbonyl (C=O) groups excluding carboxylic acids is 2. The minimum absolute atomic E-state index is 0.00304. The van der Waals surface area contributed by atoms with Crippen LogP contribution in [0.15, 0.2) is 15.8 Å². The summed E-state index contributed by atoms with van der Waals surface area (Å²) in [6.45, 7) is 1.45. The van der Waals surface area contributed by atoms with Crippen LogP contribution in [-0.2, 0) is 11.3 Å². The molecule has 1 aromatic rings. The lowest BCUT2D eigenvalue weighted by Gasteiger charge is -2.29. The van der Waals surface area contributed by atoms with E-state index in [9.17, 15) is 19.2 Å². The summed E-state index contributed by atoms with van der Waals surface area (Å²) in [5.74, 6) is -0.437. The molecule has 2 aliphatic carbocycles. The Morgan fingerprint density at radius 1 is 1.22 bits per heavy atom. The predicted molar refractivity (Wildman–Crippen MR) is 96.0 cm³/mol. The van der Waals surface area contributed by atoms with E-state index in [1.54, 1.807) is 6.07 Å². The van der Waals surface area contributed by atoms with Crippen LogP contribution in [0, 0.1) is 17.2 Å². The fourth-order valence-electron chi connectivity index (χ4n) is 3.50. The molecule has 1 aromatic heterocycles. The van der Waals surface area contributed by atoms with E-state index >= 15 is 0 Å². The molecular weight excluding hydrogens is 350 g/mol. The molecule has 3 amide bonds. The highest BCUT2D eigenvalue weighted by Crippen LogP contribution is 2.33. The first kappa shape index (κ1) is 18.9. The lowest BCUT2D eigenvalue weighted by atomic mass is 9.86. The van der Waals surface area contributed by atoms with Crippen molar-refractivity contribution in [3.8, 4) is 6.07 Å². The molecule has 9 heteroatoms. The second kappa shape index (κ2) is 7.78. The monoisotopic (exact) mass is 373 g/mol. The maximum absolute atomic E-state index is 12.5. The molecule has 2 aliphatic rings. The van der Waals surface area contributed by atoms with Gasteiger partial charge in [-0.2, -0.15) is 5.26 Å². The first-order chi connectivity index (χ1) is 12.9. The Morgan fingerprint density at radius 3 is 2.56 bits per heavy atom. The number of rotatable bonds is 4. The molecule has 2 saturated carbocycles. The minimum atomic E-state index is -0.823. The summed E-state index contributed by atoms with van der Waals surface area (Å²) in [7, 11) is 0. The van der Waals surface area contributed by atoms with Crippen molar-refractivity contribution in [1.82, 2.24) is 19.8 Å². The first-order valence-corrected chi connectivity index (χ1v) is 9.27. The zero-order chi connectivity index (χ0) is 19.6. The predicted octanol–water partition coefficient (Wildman–Crippen LogP) is 0.621. The average Bonchev–Trinajstić information content (AvgIpc) is 3.46. The molecule has 3 rings (SSSR count). The van der Waals surface area contributed by atoms with Crippen molar-refractivity contribution in [3.63, 3.8) is 0 Å². The molecule has 1 heterocycles. The Bertz CT molecular complexity index is 906. The van der Waals surface area contributed by atoms with Gasteiger partial charge in [0.05, 0.1) is 0 Å². The third-order valence-corrected chi connectivity index (χ3v) is 5.24. The molecule has 0 spiro atoms. The van der Waals surface area contributed by atoms with E-state index in [2.05, 4.69) is 17.6 Å². The van der Waals surface area contributed by atoms with E-state index in [0.717, 1.165) is 38.5 Å². The number of carbonyl (C=O) groups is 2. The highest BCUT2D eigenvalue weighted by Gasteiger charge is 2.28. The van der Waals surface area contributed by atoms with Gasteiger partial charge in [-0.25, -0.2) is 14.2 Å². The number of amides is 3. The van der Waals surface area contributed by atoms with E-state index in [-0.39, 0.29) is 17.6 Å². The zero-order valence-electron chi connectivity index (χ0n) is 15.2. The van der Waals surface area contributed by atoms with Gasteiger partial charge in [-0.1, -0.05) is 19.8 Å². The van der Waals surface area contributed by atoms with Crippen molar-refractivity contribution >= 4 is 11.9 Å². The van der Waals surface area contributed by atoms with Crippen molar-refractivity contribution in [3.05, 3.63) is 32.6 Å². The van der Waals surface area contributed by atoms with Gasteiger partial charge in [0.25, 0.3) is 5.56 Å². The second-order valence-corrected chi connectivity index (χ2v) is 7.36. The highest BCUT2D eigenvalue weighted by atomic mass is 16.2. The van der Waals surface area contributed by atoms with Crippen LogP contribution in [0.3, 0.4) is 0 Å². The van der Waals surface area contributed by atoms with Crippen LogP contribution in [0.5, 0.6) is 0 Å². The number of hydrogen-bond donors (Lipinski definition) is 2. The van der Waals surface area contributed by atoms with Gasteiger partial charge in [0.15, 0.2) is 0 Å². The summed E-state index contributed by atoms with van der Waals surface area (Å²) in [6.07, 6.45) is 6.86. The molecule has 0 saturated heterocycles. The Morgan fingerprint density at radius 2 is 1.93 bits per heavy atom. The summed E-state index contributed by atoms with van der Waals surface area (Å²) in [6, 6.07) is 1.08. The summed E-state index contributed by atoms with van der Waals surface area (Å²) >= 11 is 0. The SMILES string of the molecule is CC1CCCCC1NC(=O)NC(=O)Cn1c(=O)c(C#N)cn(C2CC2)c1=O. The summed E-state index contributed by atoms with van der Waals surface area (Å²) in [5.41, 5.74) is -1.66. The van der Waals surface area contributed by atoms with E-state index < -0.39 is 29.7 Å². The van der Waals surface area contributed by atoms with Crippen molar-refractivity contribution in [2.45, 2.75) is 64.1 Å². The molecule has 27 heavy (non-hydrogen) atoms. The highest BCUT2D eigenvalue weighted by molar-refractivity contribution is 5.94. The fraction of sp³-hybridized carbons (Fsp3) is 0.611. The molecule has 0 radical (unpaired) electrons. The van der Waals surface area contributed by atoms with Gasteiger partial charge in [-0.3, -0.25) is 19.5 Å². The molecule has 2 unspecified atom stereocenters. The normalized spacial score (nSPS) is 21.9. The number of hydrogen-bond acceptors (Lipinski definition) is 5. The largest absolute Gasteiger partial charge is 0.335 e. The zero-order valence-corrected chi connectivity index (χ0v) is 15.2. The number of nitriles is 1. The Labute approximate surface area is 156 Å². The van der Waals surface area contributed by atoms with Crippen LogP contribution in [0.25, 0.3) is 0 Å². The van der Waals surface area contributed by atoms with E-state index in [1.807, 2.05) is 0 Å². The van der Waals surface area contributed by atoms with Crippen LogP contribution in [0.1, 0.15) is 57.1 Å². The molecule has 2 atom stereocenters. The summed E-state index contributed by atoms with van der Waals surface area (Å²) in [4.78, 5) is 49.0. The molecule has 9 nitrogen and oxygen atoms in total. The lowest BCUT2D eigenvalue weighted by molar-refractivity contribution is -0.120. The lowest BCUT2D eigenvalue weighted by Crippen LogP contribution is -2.50. The smallest absolute Gasteiger partial charge is 0.331 e. The van der Waals surface area contributed by atoms with Crippen molar-refractivity contribution < 1.29 is 9.59 Å². The van der Waals surface area contributed by atoms with Crippen LogP contribution in [0.2, 0.25) is 0 Å². The molecule has 2 fully saturated rings. The quantitative estimate of drug-likeness (QED) is 0.800. The van der Waals surface area contributed by atoms with Gasteiger partial charge in [-0.05, 0) is 31.6 Å². The molecule has 0 aliphatic heterocycles. The summed E-state index contributed by atoms with van der Waals surface area (Å²) < 4.78 is 2.03. The first-order valence-electron chi connectivity index (χ1n) is 9.27. The van der Waals surface area contributed by atoms with E-state index in [0.29, 0.717) is 10.5 Å². The second-order valence-electron chi connectivity index (χ2n) is 7.36. The molecule has 2 N–H and O–H groups in total. The van der Waals surface area contributed by atoms with Crippen molar-refractivity contribution in [1.29, 1.82) is 5.26 Å². The van der Waals surface area contributed by atoms with Crippen LogP contribution in [-0.4, -0.2) is 27.1 Å². The molecule has 0 aromatic carbocycles. The third kappa shape index (κ3) is 4.27. The topological polar surface area (TPSA) is 126 Å². The standard InChI is InChI=1S/C18H23N5O4/c1-11-4-2-3-5-14(11)20-17(26)21-15(24)10-23-16(25)12(8-19)9-22(18(23)27)13-6-7-13/h9,11,13-14H,2-7,10H2,1H3,(H2,20,21,24,26). The van der Waals surface area contributed by atoms with Gasteiger partial charge in [0.1, 0.15) is 18.2 Å². The summed E-state index contributed by atoms with van der Waals surface area (Å²) in [5, 5.41) is 14.1. The Balaban J connectivity index is 1.69. The minimum Gasteiger partial charge on any atom is -0.335 e. The third-order valence-electron chi connectivity index (χ3n) is 5.24. The van der Waals surface area contributed by atoms with E-state index in [4.69, 9.17) is 5.26 Å². The number of imide groups is 1. The maximum Gasteiger partial charge on any atom is 0.331 e. The van der Waals surface area contributed by atoms with Crippen LogP contribution >= 0.6 is 0 Å². The van der Waals surface area contributed by atoms with Crippen LogP contribution in [0.4, 0.5) is 4.79 Å². The van der Waals surface area contributed by atoms with Gasteiger partial charge in [0, 0.05) is 18.3 Å². The van der Waals surface area contributed by atoms with Gasteiger partial charge >= 0.3 is 11.7 Å². The van der Waals surface area contributed by atoms with Crippen molar-refractivity contribution in [2.24, 2.45) is 5.92 Å². The van der Waals surface area contributed by atoms with Crippen LogP contribution < -0.4 is 21.9 Å².